The number of ketones is 2. The van der Waals surface area contributed by atoms with Gasteiger partial charge >= 0.3 is 0 Å². The lowest BCUT2D eigenvalue weighted by Crippen LogP contribution is -2.32. The first kappa shape index (κ1) is 41.8. The first-order valence-electron chi connectivity index (χ1n) is 14.3. The van der Waals surface area contributed by atoms with E-state index >= 15 is 0 Å². The molecule has 1 unspecified atom stereocenters. The quantitative estimate of drug-likeness (QED) is 0.154. The molecule has 0 spiro atoms. The van der Waals surface area contributed by atoms with Crippen molar-refractivity contribution in [2.75, 3.05) is 12.5 Å². The molecule has 0 fully saturated rings. The van der Waals surface area contributed by atoms with Crippen LogP contribution in [-0.2, 0) is 20.8 Å². The zero-order valence-corrected chi connectivity index (χ0v) is 26.4. The van der Waals surface area contributed by atoms with Crippen LogP contribution in [0, 0.1) is 11.3 Å². The Bertz CT molecular complexity index is 728. The highest BCUT2D eigenvalue weighted by Crippen LogP contribution is 2.23. The van der Waals surface area contributed by atoms with E-state index in [-0.39, 0.29) is 18.1 Å². The van der Waals surface area contributed by atoms with Crippen LogP contribution in [0.5, 0.6) is 0 Å². The number of pyridine rings is 1. The lowest BCUT2D eigenvalue weighted by Gasteiger charge is -2.20. The van der Waals surface area contributed by atoms with E-state index in [1.807, 2.05) is 87.6 Å². The van der Waals surface area contributed by atoms with Gasteiger partial charge in [0.2, 0.25) is 5.78 Å². The molecule has 1 atom stereocenters. The molecule has 0 saturated carbocycles. The highest BCUT2D eigenvalue weighted by atomic mass is 16.2. The zero-order valence-electron chi connectivity index (χ0n) is 26.4. The fourth-order valence-electron chi connectivity index (χ4n) is 2.86. The molecule has 1 aromatic heterocycles. The molecule has 1 heterocycles. The smallest absolute Gasteiger partial charge is 0.203 e. The maximum Gasteiger partial charge on any atom is 0.203 e. The van der Waals surface area contributed by atoms with Gasteiger partial charge in [-0.2, -0.15) is 0 Å². The minimum atomic E-state index is -0.602. The van der Waals surface area contributed by atoms with Gasteiger partial charge in [0.25, 0.3) is 0 Å². The first-order valence-corrected chi connectivity index (χ1v) is 14.3. The van der Waals surface area contributed by atoms with Gasteiger partial charge in [0.15, 0.2) is 5.78 Å². The van der Waals surface area contributed by atoms with Crippen molar-refractivity contribution in [2.24, 2.45) is 11.3 Å². The number of aromatic nitrogens is 1. The van der Waals surface area contributed by atoms with Crippen LogP contribution in [0.3, 0.4) is 0 Å². The lowest BCUT2D eigenvalue weighted by atomic mass is 9.81. The standard InChI is InChI=1S/C14H24O3.C11H17N3.3C2H6/c1-5-7-8-11(10-15)9-12(16)13(17)14(3,4)6-2;1-4-6-10-9(5-2)7-8-11(13-10)14-12-3;3*1-2/h10-11H,5-9H2,1-4H3;4,6-8,12H,5H2,1-3H3,(H,13,14);3*1-2H3/b;6-4-;;;. The number of nitrogens with zero attached hydrogens (tertiary/aromatic N) is 1. The molecule has 1 aromatic rings. The van der Waals surface area contributed by atoms with Crippen molar-refractivity contribution in [1.29, 1.82) is 0 Å². The van der Waals surface area contributed by atoms with Crippen LogP contribution in [0.25, 0.3) is 6.08 Å². The van der Waals surface area contributed by atoms with Crippen molar-refractivity contribution in [2.45, 2.75) is 122 Å². The van der Waals surface area contributed by atoms with Gasteiger partial charge in [0.05, 0.1) is 5.69 Å². The van der Waals surface area contributed by atoms with Gasteiger partial charge in [0.1, 0.15) is 12.1 Å². The van der Waals surface area contributed by atoms with E-state index in [1.54, 1.807) is 13.8 Å². The summed E-state index contributed by atoms with van der Waals surface area (Å²) < 4.78 is 0. The van der Waals surface area contributed by atoms with Crippen LogP contribution in [0.1, 0.15) is 126 Å². The number of anilines is 1. The van der Waals surface area contributed by atoms with E-state index in [0.29, 0.717) is 12.8 Å². The highest BCUT2D eigenvalue weighted by molar-refractivity contribution is 6.39. The van der Waals surface area contributed by atoms with Crippen molar-refractivity contribution in [1.82, 2.24) is 10.4 Å². The van der Waals surface area contributed by atoms with Crippen molar-refractivity contribution in [3.8, 4) is 0 Å². The predicted octanol–water partition coefficient (Wildman–Crippen LogP) is 8.26. The molecule has 0 aliphatic rings. The van der Waals surface area contributed by atoms with E-state index in [4.69, 9.17) is 0 Å². The van der Waals surface area contributed by atoms with Gasteiger partial charge in [-0.15, -0.1) is 0 Å². The average molecular weight is 522 g/mol. The van der Waals surface area contributed by atoms with Gasteiger partial charge in [-0.05, 0) is 43.9 Å². The van der Waals surface area contributed by atoms with E-state index in [0.717, 1.165) is 37.1 Å². The number of allylic oxidation sites excluding steroid dienone is 1. The number of hydrogen-bond acceptors (Lipinski definition) is 6. The normalized spacial score (nSPS) is 10.6. The third-order valence-electron chi connectivity index (χ3n) is 5.29. The van der Waals surface area contributed by atoms with E-state index in [1.165, 1.54) is 5.56 Å². The minimum absolute atomic E-state index is 0.0752. The SMILES string of the molecule is C/C=C\c1nc(NNC)ccc1CC.CC.CC.CC.CCCCC(C=O)CC(=O)C(=O)C(C)(C)CC. The second kappa shape index (κ2) is 28.2. The monoisotopic (exact) mass is 521 g/mol. The molecule has 0 amide bonds. The summed E-state index contributed by atoms with van der Waals surface area (Å²) in [5, 5.41) is 0. The molecule has 0 saturated heterocycles. The van der Waals surface area contributed by atoms with Crippen molar-refractivity contribution in [3.63, 3.8) is 0 Å². The number of aldehydes is 1. The third-order valence-corrected chi connectivity index (χ3v) is 5.29. The van der Waals surface area contributed by atoms with Gasteiger partial charge in [-0.1, -0.05) is 101 Å². The number of unbranched alkanes of at least 4 members (excludes halogenated alkanes) is 1. The Morgan fingerprint density at radius 3 is 2.00 bits per heavy atom. The van der Waals surface area contributed by atoms with Crippen LogP contribution < -0.4 is 10.9 Å². The fourth-order valence-corrected chi connectivity index (χ4v) is 2.86. The summed E-state index contributed by atoms with van der Waals surface area (Å²) in [7, 11) is 1.82. The highest BCUT2D eigenvalue weighted by Gasteiger charge is 2.31. The summed E-state index contributed by atoms with van der Waals surface area (Å²) in [5.41, 5.74) is 7.52. The van der Waals surface area contributed by atoms with Crippen molar-refractivity contribution in [3.05, 3.63) is 29.5 Å². The Balaban J connectivity index is -0.000000247. The molecule has 37 heavy (non-hydrogen) atoms. The van der Waals surface area contributed by atoms with Crippen molar-refractivity contribution < 1.29 is 14.4 Å². The maximum atomic E-state index is 11.9. The van der Waals surface area contributed by atoms with E-state index in [9.17, 15) is 14.4 Å². The summed E-state index contributed by atoms with van der Waals surface area (Å²) in [4.78, 5) is 38.9. The molecular formula is C31H59N3O3. The number of carbonyl (C=O) groups is 3. The van der Waals surface area contributed by atoms with Crippen LogP contribution in [0.4, 0.5) is 5.82 Å². The fraction of sp³-hybridized carbons (Fsp3) is 0.677. The molecule has 2 N–H and O–H groups in total. The second-order valence-corrected chi connectivity index (χ2v) is 8.20. The summed E-state index contributed by atoms with van der Waals surface area (Å²) in [6, 6.07) is 4.07. The van der Waals surface area contributed by atoms with Crippen LogP contribution in [-0.4, -0.2) is 29.9 Å². The number of nitrogens with one attached hydrogen (secondary N) is 2. The van der Waals surface area contributed by atoms with Gasteiger partial charge < -0.3 is 10.2 Å². The van der Waals surface area contributed by atoms with Gasteiger partial charge in [0, 0.05) is 24.8 Å². The summed E-state index contributed by atoms with van der Waals surface area (Å²) >= 11 is 0. The number of hydrogen-bond donors (Lipinski definition) is 2. The van der Waals surface area contributed by atoms with Gasteiger partial charge in [-0.3, -0.25) is 9.59 Å². The molecule has 0 aliphatic heterocycles. The molecule has 216 valence electrons. The molecule has 0 radical (unpaired) electrons. The van der Waals surface area contributed by atoms with Gasteiger partial charge in [-0.25, -0.2) is 10.4 Å². The Hall–Kier alpha value is -2.34. The largest absolute Gasteiger partial charge is 0.306 e. The maximum absolute atomic E-state index is 11.9. The summed E-state index contributed by atoms with van der Waals surface area (Å²) in [6.45, 7) is 23.6. The van der Waals surface area contributed by atoms with Crippen molar-refractivity contribution >= 4 is 29.7 Å². The molecule has 6 nitrogen and oxygen atoms in total. The number of aryl methyl sites for hydroxylation is 1. The number of carbonyl (C=O) groups excluding carboxylic acids is 3. The van der Waals surface area contributed by atoms with E-state index in [2.05, 4.69) is 28.8 Å². The zero-order chi connectivity index (χ0) is 29.9. The number of hydrazine groups is 1. The third kappa shape index (κ3) is 19.4. The average Bonchev–Trinajstić information content (AvgIpc) is 2.94. The molecule has 0 aromatic carbocycles. The Kier molecular flexibility index (Phi) is 31.9. The van der Waals surface area contributed by atoms with Crippen LogP contribution in [0.2, 0.25) is 0 Å². The molecule has 0 bridgehead atoms. The predicted molar refractivity (Wildman–Crippen MR) is 163 cm³/mol. The number of Topliss-reactive ketones (excluding diaryl/α,β-unsaturated/α-hetero) is 2. The Morgan fingerprint density at radius 1 is 1.03 bits per heavy atom. The van der Waals surface area contributed by atoms with Crippen LogP contribution >= 0.6 is 0 Å². The van der Waals surface area contributed by atoms with Crippen LogP contribution in [0.15, 0.2) is 18.2 Å². The van der Waals surface area contributed by atoms with E-state index < -0.39 is 11.2 Å². The Morgan fingerprint density at radius 2 is 1.59 bits per heavy atom. The number of rotatable bonds is 13. The first-order chi connectivity index (χ1) is 17.7. The summed E-state index contributed by atoms with van der Waals surface area (Å²) in [5.74, 6) is -0.190. The topological polar surface area (TPSA) is 88.2 Å². The molecule has 0 aliphatic carbocycles. The second-order valence-electron chi connectivity index (χ2n) is 8.20. The molecule has 6 heteroatoms. The molecule has 1 rings (SSSR count). The minimum Gasteiger partial charge on any atom is -0.306 e. The Labute approximate surface area is 229 Å². The molecular weight excluding hydrogens is 462 g/mol. The summed E-state index contributed by atoms with van der Waals surface area (Å²) in [6.07, 6.45) is 9.17. The lowest BCUT2D eigenvalue weighted by molar-refractivity contribution is -0.142.